The Morgan fingerprint density at radius 1 is 1.40 bits per heavy atom. The van der Waals surface area contributed by atoms with E-state index in [1.165, 1.54) is 6.07 Å². The topological polar surface area (TPSA) is 82.3 Å². The number of nitrogens with two attached hydrogens (primary N) is 1. The minimum absolute atomic E-state index is 0.123. The number of hydrogen-bond acceptors (Lipinski definition) is 6. The third kappa shape index (κ3) is 3.94. The Hall–Kier alpha value is -1.61. The fourth-order valence-corrected chi connectivity index (χ4v) is 1.82. The number of aromatic nitrogens is 2. The fraction of sp³-hybridized carbons (Fsp3) is 0.636. The molecule has 0 aliphatic carbocycles. The van der Waals surface area contributed by atoms with Crippen LogP contribution in [0.1, 0.15) is 25.1 Å². The van der Waals surface area contributed by atoms with E-state index in [-0.39, 0.29) is 24.4 Å². The van der Waals surface area contributed by atoms with E-state index in [2.05, 4.69) is 15.4 Å². The number of ether oxygens (including phenoxy) is 2. The number of hydrogen-bond donors (Lipinski definition) is 2. The van der Waals surface area contributed by atoms with Crippen molar-refractivity contribution < 1.29 is 22.6 Å². The highest BCUT2D eigenvalue weighted by Crippen LogP contribution is 2.28. The van der Waals surface area contributed by atoms with Crippen LogP contribution in [0.15, 0.2) is 6.07 Å². The number of rotatable bonds is 4. The Labute approximate surface area is 113 Å². The van der Waals surface area contributed by atoms with E-state index in [4.69, 9.17) is 15.3 Å². The van der Waals surface area contributed by atoms with Gasteiger partial charge in [-0.1, -0.05) is 0 Å². The maximum absolute atomic E-state index is 12.6. The number of halogens is 3. The minimum atomic E-state index is -4.66. The van der Waals surface area contributed by atoms with Crippen molar-refractivity contribution in [2.75, 3.05) is 18.6 Å². The first-order valence-electron chi connectivity index (χ1n) is 6.16. The largest absolute Gasteiger partial charge is 0.475 e. The highest BCUT2D eigenvalue weighted by molar-refractivity contribution is 5.37. The van der Waals surface area contributed by atoms with Crippen LogP contribution in [0, 0.1) is 0 Å². The molecule has 1 aromatic heterocycles. The average molecular weight is 292 g/mol. The van der Waals surface area contributed by atoms with Gasteiger partial charge in [-0.3, -0.25) is 0 Å². The molecule has 1 fully saturated rings. The maximum atomic E-state index is 12.6. The second kappa shape index (κ2) is 6.23. The van der Waals surface area contributed by atoms with Gasteiger partial charge in [-0.05, 0) is 19.3 Å². The molecule has 0 bridgehead atoms. The van der Waals surface area contributed by atoms with E-state index in [9.17, 15) is 13.2 Å². The molecule has 112 valence electrons. The quantitative estimate of drug-likeness (QED) is 0.649. The molecule has 0 spiro atoms. The third-order valence-electron chi connectivity index (χ3n) is 2.80. The first-order chi connectivity index (χ1) is 9.49. The zero-order chi connectivity index (χ0) is 14.6. The van der Waals surface area contributed by atoms with Crippen molar-refractivity contribution in [3.8, 4) is 5.88 Å². The first-order valence-corrected chi connectivity index (χ1v) is 6.16. The molecule has 6 nitrogen and oxygen atoms in total. The van der Waals surface area contributed by atoms with E-state index in [1.54, 1.807) is 0 Å². The van der Waals surface area contributed by atoms with Crippen molar-refractivity contribution in [3.63, 3.8) is 0 Å². The van der Waals surface area contributed by atoms with Crippen LogP contribution >= 0.6 is 0 Å². The summed E-state index contributed by atoms with van der Waals surface area (Å²) in [7, 11) is 0. The van der Waals surface area contributed by atoms with Gasteiger partial charge in [0.25, 0.3) is 0 Å². The summed E-state index contributed by atoms with van der Waals surface area (Å²) in [6.07, 6.45) is -1.96. The predicted molar refractivity (Wildman–Crippen MR) is 63.9 cm³/mol. The standard InChI is InChI=1S/C11H15F3N4O2/c12-11(13,14)10-16-8(18-15)5-9(17-10)20-6-7-3-1-2-4-19-7/h5,7H,1-4,6,15H2,(H,16,17,18). The van der Waals surface area contributed by atoms with Crippen molar-refractivity contribution in [3.05, 3.63) is 11.9 Å². The van der Waals surface area contributed by atoms with Crippen LogP contribution in [0.25, 0.3) is 0 Å². The number of nitrogens with one attached hydrogen (secondary N) is 1. The van der Waals surface area contributed by atoms with Crippen LogP contribution in [0.5, 0.6) is 5.88 Å². The number of anilines is 1. The zero-order valence-corrected chi connectivity index (χ0v) is 10.6. The van der Waals surface area contributed by atoms with E-state index in [0.717, 1.165) is 19.3 Å². The van der Waals surface area contributed by atoms with Crippen LogP contribution in [-0.4, -0.2) is 29.3 Å². The van der Waals surface area contributed by atoms with Gasteiger partial charge in [-0.25, -0.2) is 10.8 Å². The van der Waals surface area contributed by atoms with E-state index < -0.39 is 12.0 Å². The molecule has 1 aromatic rings. The van der Waals surface area contributed by atoms with Gasteiger partial charge in [-0.2, -0.15) is 18.2 Å². The zero-order valence-electron chi connectivity index (χ0n) is 10.6. The summed E-state index contributed by atoms with van der Waals surface area (Å²) in [5, 5.41) is 0. The Kier molecular flexibility index (Phi) is 4.61. The molecule has 3 N–H and O–H groups in total. The summed E-state index contributed by atoms with van der Waals surface area (Å²) in [5.41, 5.74) is 2.06. The van der Waals surface area contributed by atoms with Gasteiger partial charge < -0.3 is 14.9 Å². The highest BCUT2D eigenvalue weighted by atomic mass is 19.4. The van der Waals surface area contributed by atoms with Gasteiger partial charge >= 0.3 is 6.18 Å². The number of nitrogen functional groups attached to an aromatic ring is 1. The maximum Gasteiger partial charge on any atom is 0.451 e. The minimum Gasteiger partial charge on any atom is -0.475 e. The average Bonchev–Trinajstić information content (AvgIpc) is 2.45. The van der Waals surface area contributed by atoms with Gasteiger partial charge in [0.2, 0.25) is 11.7 Å². The van der Waals surface area contributed by atoms with Crippen molar-refractivity contribution in [2.45, 2.75) is 31.5 Å². The lowest BCUT2D eigenvalue weighted by atomic mass is 10.1. The monoisotopic (exact) mass is 292 g/mol. The molecule has 20 heavy (non-hydrogen) atoms. The molecule has 0 aromatic carbocycles. The summed E-state index contributed by atoms with van der Waals surface area (Å²) >= 11 is 0. The fourth-order valence-electron chi connectivity index (χ4n) is 1.82. The summed E-state index contributed by atoms with van der Waals surface area (Å²) in [6, 6.07) is 1.21. The normalized spacial score (nSPS) is 19.7. The molecule has 1 unspecified atom stereocenters. The second-order valence-electron chi connectivity index (χ2n) is 4.36. The van der Waals surface area contributed by atoms with Crippen LogP contribution < -0.4 is 16.0 Å². The van der Waals surface area contributed by atoms with Crippen molar-refractivity contribution in [1.82, 2.24) is 9.97 Å². The molecule has 1 saturated heterocycles. The van der Waals surface area contributed by atoms with E-state index in [0.29, 0.717) is 6.61 Å². The summed E-state index contributed by atoms with van der Waals surface area (Å²) < 4.78 is 48.5. The molecule has 1 aliphatic heterocycles. The van der Waals surface area contributed by atoms with Crippen molar-refractivity contribution >= 4 is 5.82 Å². The lowest BCUT2D eigenvalue weighted by Crippen LogP contribution is -2.26. The van der Waals surface area contributed by atoms with Gasteiger partial charge in [-0.15, -0.1) is 0 Å². The molecule has 2 heterocycles. The molecular formula is C11H15F3N4O2. The molecule has 9 heteroatoms. The molecular weight excluding hydrogens is 277 g/mol. The lowest BCUT2D eigenvalue weighted by Gasteiger charge is -2.22. The summed E-state index contributed by atoms with van der Waals surface area (Å²) in [5.74, 6) is 3.44. The molecule has 0 saturated carbocycles. The molecule has 2 rings (SSSR count). The SMILES string of the molecule is NNc1cc(OCC2CCCCO2)nc(C(F)(F)F)n1. The predicted octanol–water partition coefficient (Wildman–Crippen LogP) is 1.73. The van der Waals surface area contributed by atoms with Gasteiger partial charge in [0.1, 0.15) is 12.4 Å². The smallest absolute Gasteiger partial charge is 0.451 e. The van der Waals surface area contributed by atoms with Crippen LogP contribution in [0.2, 0.25) is 0 Å². The third-order valence-corrected chi connectivity index (χ3v) is 2.80. The van der Waals surface area contributed by atoms with Crippen LogP contribution in [-0.2, 0) is 10.9 Å². The van der Waals surface area contributed by atoms with Gasteiger partial charge in [0.05, 0.1) is 6.10 Å². The molecule has 0 amide bonds. The Morgan fingerprint density at radius 3 is 2.80 bits per heavy atom. The number of nitrogens with zero attached hydrogens (tertiary/aromatic N) is 2. The molecule has 1 atom stereocenters. The van der Waals surface area contributed by atoms with Gasteiger partial charge in [0.15, 0.2) is 0 Å². The van der Waals surface area contributed by atoms with Gasteiger partial charge in [0, 0.05) is 12.7 Å². The van der Waals surface area contributed by atoms with Crippen LogP contribution in [0.4, 0.5) is 19.0 Å². The highest BCUT2D eigenvalue weighted by Gasteiger charge is 2.35. The summed E-state index contributed by atoms with van der Waals surface area (Å²) in [6.45, 7) is 0.791. The summed E-state index contributed by atoms with van der Waals surface area (Å²) in [4.78, 5) is 6.56. The number of hydrazine groups is 1. The number of alkyl halides is 3. The second-order valence-corrected chi connectivity index (χ2v) is 4.36. The first kappa shape index (κ1) is 14.8. The van der Waals surface area contributed by atoms with E-state index in [1.807, 2.05) is 0 Å². The molecule has 1 aliphatic rings. The van der Waals surface area contributed by atoms with Crippen molar-refractivity contribution in [1.29, 1.82) is 0 Å². The Bertz CT molecular complexity index is 450. The van der Waals surface area contributed by atoms with Crippen molar-refractivity contribution in [2.24, 2.45) is 5.84 Å². The Balaban J connectivity index is 2.06. The van der Waals surface area contributed by atoms with Crippen LogP contribution in [0.3, 0.4) is 0 Å². The molecule has 0 radical (unpaired) electrons. The van der Waals surface area contributed by atoms with E-state index >= 15 is 0 Å². The lowest BCUT2D eigenvalue weighted by molar-refractivity contribution is -0.145. The Morgan fingerprint density at radius 2 is 2.20 bits per heavy atom.